The molecule has 0 aromatic rings. The van der Waals surface area contributed by atoms with Crippen LogP contribution in [0.2, 0.25) is 0 Å². The lowest BCUT2D eigenvalue weighted by Gasteiger charge is -2.37. The van der Waals surface area contributed by atoms with Gasteiger partial charge in [0.25, 0.3) is 0 Å². The van der Waals surface area contributed by atoms with Crippen LogP contribution in [0, 0.1) is 17.8 Å². The second-order valence-corrected chi connectivity index (χ2v) is 9.37. The first-order chi connectivity index (χ1) is 12.8. The van der Waals surface area contributed by atoms with Crippen molar-refractivity contribution in [1.29, 1.82) is 0 Å². The zero-order chi connectivity index (χ0) is 19.6. The Morgan fingerprint density at radius 3 is 2.11 bits per heavy atom. The van der Waals surface area contributed by atoms with Gasteiger partial charge in [-0.15, -0.1) is 0 Å². The summed E-state index contributed by atoms with van der Waals surface area (Å²) in [5.74, 6) is 1.66. The van der Waals surface area contributed by atoms with Crippen molar-refractivity contribution < 1.29 is 11.0 Å². The molecule has 0 spiro atoms. The number of hydrogen-bond acceptors (Lipinski definition) is 4. The van der Waals surface area contributed by atoms with Crippen molar-refractivity contribution >= 4 is 11.8 Å². The summed E-state index contributed by atoms with van der Waals surface area (Å²) in [6, 6.07) is 0.927. The normalized spacial score (nSPS) is 29.6. The van der Waals surface area contributed by atoms with Crippen LogP contribution < -0.4 is 5.32 Å². The lowest BCUT2D eigenvalue weighted by molar-refractivity contribution is -0.131. The molecule has 0 bridgehead atoms. The first kappa shape index (κ1) is 20.6. The van der Waals surface area contributed by atoms with Crippen molar-refractivity contribution in [2.75, 3.05) is 45.8 Å². The van der Waals surface area contributed by atoms with Gasteiger partial charge >= 0.3 is 0 Å². The Labute approximate surface area is 166 Å². The fourth-order valence-corrected chi connectivity index (χ4v) is 4.90. The van der Waals surface area contributed by atoms with E-state index in [9.17, 15) is 9.59 Å². The van der Waals surface area contributed by atoms with Crippen molar-refractivity contribution in [3.63, 3.8) is 0 Å². The topological polar surface area (TPSA) is 55.9 Å². The average molecular weight is 381 g/mol. The highest BCUT2D eigenvalue weighted by atomic mass is 16.2. The zero-order valence-corrected chi connectivity index (χ0v) is 17.6. The van der Waals surface area contributed by atoms with E-state index < -0.39 is 0 Å². The molecule has 3 rings (SSSR count). The number of nitrogens with one attached hydrogen (secondary N) is 1. The molecular formula is C21H40N4O2. The van der Waals surface area contributed by atoms with Gasteiger partial charge in [-0.1, -0.05) is 13.8 Å². The van der Waals surface area contributed by atoms with Crippen LogP contribution in [0.5, 0.6) is 0 Å². The van der Waals surface area contributed by atoms with Gasteiger partial charge in [0, 0.05) is 71.7 Å². The van der Waals surface area contributed by atoms with E-state index in [1.807, 2.05) is 13.8 Å². The smallest absolute Gasteiger partial charge is 0.223 e. The summed E-state index contributed by atoms with van der Waals surface area (Å²) in [5, 5.41) is 3.18. The van der Waals surface area contributed by atoms with Crippen LogP contribution in [-0.2, 0) is 9.59 Å². The van der Waals surface area contributed by atoms with E-state index in [1.165, 1.54) is 0 Å². The molecule has 2 unspecified atom stereocenters. The van der Waals surface area contributed by atoms with Gasteiger partial charge in [0.1, 0.15) is 0 Å². The monoisotopic (exact) mass is 380 g/mol. The van der Waals surface area contributed by atoms with Crippen LogP contribution in [0.4, 0.5) is 0 Å². The molecule has 1 aliphatic carbocycles. The third kappa shape index (κ3) is 5.23. The van der Waals surface area contributed by atoms with Gasteiger partial charge in [0.05, 0.1) is 0 Å². The number of amides is 2. The summed E-state index contributed by atoms with van der Waals surface area (Å²) in [6.07, 6.45) is 2.71. The van der Waals surface area contributed by atoms with E-state index in [1.54, 1.807) is 0 Å². The number of nitrogens with zero attached hydrogens (tertiary/aromatic N) is 3. The van der Waals surface area contributed by atoms with Gasteiger partial charge in [-0.25, -0.2) is 0 Å². The number of rotatable bonds is 6. The molecule has 6 heteroatoms. The van der Waals surface area contributed by atoms with E-state index in [0.717, 1.165) is 58.7 Å². The minimum atomic E-state index is 0. The summed E-state index contributed by atoms with van der Waals surface area (Å²) >= 11 is 0. The maximum Gasteiger partial charge on any atom is 0.223 e. The molecular weight excluding hydrogens is 340 g/mol. The molecule has 0 aromatic heterocycles. The fraction of sp³-hybridized carbons (Fsp3) is 0.905. The molecule has 3 fully saturated rings. The van der Waals surface area contributed by atoms with Gasteiger partial charge in [-0.2, -0.15) is 0 Å². The Kier molecular flexibility index (Phi) is 6.79. The number of hydrogen-bond donors (Lipinski definition) is 1. The Hall–Kier alpha value is -1.14. The SMILES string of the molecule is CC(C)C(=O)NC1CC2CN(C(=O)CCN3CCN(C(C)C)CC3)CC2C1.[HH]. The minimum absolute atomic E-state index is 0. The van der Waals surface area contributed by atoms with Gasteiger partial charge in [0.2, 0.25) is 11.8 Å². The number of likely N-dealkylation sites (tertiary alicyclic amines) is 1. The molecule has 2 heterocycles. The van der Waals surface area contributed by atoms with Crippen LogP contribution in [0.15, 0.2) is 0 Å². The number of carbonyl (C=O) groups excluding carboxylic acids is 2. The largest absolute Gasteiger partial charge is 0.353 e. The number of piperazine rings is 1. The zero-order valence-electron chi connectivity index (χ0n) is 17.6. The van der Waals surface area contributed by atoms with Gasteiger partial charge in [-0.3, -0.25) is 14.5 Å². The second-order valence-electron chi connectivity index (χ2n) is 9.37. The molecule has 2 aliphatic heterocycles. The predicted octanol–water partition coefficient (Wildman–Crippen LogP) is 1.66. The van der Waals surface area contributed by atoms with Crippen molar-refractivity contribution in [3.8, 4) is 0 Å². The second kappa shape index (κ2) is 8.91. The van der Waals surface area contributed by atoms with Gasteiger partial charge < -0.3 is 15.1 Å². The van der Waals surface area contributed by atoms with Crippen molar-refractivity contribution in [2.24, 2.45) is 17.8 Å². The average Bonchev–Trinajstić information content (AvgIpc) is 3.18. The van der Waals surface area contributed by atoms with E-state index in [4.69, 9.17) is 0 Å². The highest BCUT2D eigenvalue weighted by Gasteiger charge is 2.42. The lowest BCUT2D eigenvalue weighted by atomic mass is 10.0. The summed E-state index contributed by atoms with van der Waals surface area (Å²) in [4.78, 5) is 31.6. The highest BCUT2D eigenvalue weighted by molar-refractivity contribution is 5.78. The predicted molar refractivity (Wildman–Crippen MR) is 109 cm³/mol. The van der Waals surface area contributed by atoms with Gasteiger partial charge in [-0.05, 0) is 38.5 Å². The van der Waals surface area contributed by atoms with E-state index in [0.29, 0.717) is 36.2 Å². The van der Waals surface area contributed by atoms with Crippen molar-refractivity contribution in [3.05, 3.63) is 0 Å². The van der Waals surface area contributed by atoms with Crippen LogP contribution in [-0.4, -0.2) is 84.4 Å². The Morgan fingerprint density at radius 1 is 1.00 bits per heavy atom. The van der Waals surface area contributed by atoms with Crippen molar-refractivity contribution in [2.45, 2.75) is 59.0 Å². The molecule has 6 nitrogen and oxygen atoms in total. The van der Waals surface area contributed by atoms with Crippen molar-refractivity contribution in [1.82, 2.24) is 20.0 Å². The maximum absolute atomic E-state index is 12.7. The van der Waals surface area contributed by atoms with Crippen LogP contribution in [0.1, 0.15) is 48.4 Å². The molecule has 0 radical (unpaired) electrons. The summed E-state index contributed by atoms with van der Waals surface area (Å²) in [7, 11) is 0. The quantitative estimate of drug-likeness (QED) is 0.761. The molecule has 0 aromatic carbocycles. The fourth-order valence-electron chi connectivity index (χ4n) is 4.90. The standard InChI is InChI=1S/C21H38N4O2.H2/c1-15(2)21(27)22-19-11-17-13-25(14-18(17)12-19)20(26)5-6-23-7-9-24(10-8-23)16(3)4;/h15-19H,5-14H2,1-4H3,(H,22,27);1H. The first-order valence-corrected chi connectivity index (χ1v) is 10.9. The number of fused-ring (bicyclic) bond motifs is 1. The molecule has 2 saturated heterocycles. The van der Waals surface area contributed by atoms with E-state index in [-0.39, 0.29) is 13.3 Å². The molecule has 1 N–H and O–H groups in total. The first-order valence-electron chi connectivity index (χ1n) is 10.9. The maximum atomic E-state index is 12.7. The van der Waals surface area contributed by atoms with E-state index in [2.05, 4.69) is 33.9 Å². The highest BCUT2D eigenvalue weighted by Crippen LogP contribution is 2.38. The third-order valence-corrected chi connectivity index (χ3v) is 6.75. The summed E-state index contributed by atoms with van der Waals surface area (Å²) in [6.45, 7) is 15.4. The van der Waals surface area contributed by atoms with Crippen LogP contribution in [0.3, 0.4) is 0 Å². The molecule has 1 saturated carbocycles. The molecule has 3 aliphatic rings. The Morgan fingerprint density at radius 2 is 1.59 bits per heavy atom. The number of carbonyl (C=O) groups is 2. The van der Waals surface area contributed by atoms with E-state index >= 15 is 0 Å². The summed E-state index contributed by atoms with van der Waals surface area (Å²) < 4.78 is 0. The summed E-state index contributed by atoms with van der Waals surface area (Å²) in [5.41, 5.74) is 0. The van der Waals surface area contributed by atoms with Crippen LogP contribution >= 0.6 is 0 Å². The molecule has 2 atom stereocenters. The molecule has 27 heavy (non-hydrogen) atoms. The van der Waals surface area contributed by atoms with Gasteiger partial charge in [0.15, 0.2) is 0 Å². The molecule has 2 amide bonds. The molecule has 156 valence electrons. The Bertz CT molecular complexity index is 520. The minimum Gasteiger partial charge on any atom is -0.353 e. The van der Waals surface area contributed by atoms with Crippen LogP contribution in [0.25, 0.3) is 0 Å². The third-order valence-electron chi connectivity index (χ3n) is 6.75. The lowest BCUT2D eigenvalue weighted by Crippen LogP contribution is -2.49. The Balaban J connectivity index is 0.00000280.